The van der Waals surface area contributed by atoms with Crippen molar-refractivity contribution in [3.05, 3.63) is 76.8 Å². The van der Waals surface area contributed by atoms with Crippen molar-refractivity contribution in [2.75, 3.05) is 11.4 Å². The summed E-state index contributed by atoms with van der Waals surface area (Å²) < 4.78 is 19.9. The Morgan fingerprint density at radius 3 is 2.50 bits per heavy atom. The van der Waals surface area contributed by atoms with Gasteiger partial charge < -0.3 is 9.64 Å². The van der Waals surface area contributed by atoms with E-state index in [9.17, 15) is 14.0 Å². The number of benzene rings is 2. The molecule has 0 fully saturated rings. The minimum absolute atomic E-state index is 0.0110. The fraction of sp³-hybridized carbons (Fsp3) is 0.217. The number of ether oxygens (including phenoxy) is 1. The second-order valence-electron chi connectivity index (χ2n) is 6.92. The molecule has 1 amide bonds. The third-order valence-electron chi connectivity index (χ3n) is 4.69. The van der Waals surface area contributed by atoms with Crippen molar-refractivity contribution >= 4 is 29.2 Å². The molecule has 1 unspecified atom stereocenters. The highest BCUT2D eigenvalue weighted by molar-refractivity contribution is 6.33. The van der Waals surface area contributed by atoms with Crippen LogP contribution in [0.2, 0.25) is 5.15 Å². The van der Waals surface area contributed by atoms with Crippen molar-refractivity contribution in [3.8, 4) is 11.8 Å². The Bertz CT molecular complexity index is 1160. The minimum atomic E-state index is -1.13. The molecule has 0 saturated heterocycles. The highest BCUT2D eigenvalue weighted by Gasteiger charge is 2.29. The molecule has 1 atom stereocenters. The van der Waals surface area contributed by atoms with Gasteiger partial charge in [-0.15, -0.1) is 0 Å². The van der Waals surface area contributed by atoms with Crippen LogP contribution < -0.4 is 4.90 Å². The molecule has 0 saturated carbocycles. The van der Waals surface area contributed by atoms with Gasteiger partial charge in [0.25, 0.3) is 5.91 Å². The minimum Gasteiger partial charge on any atom is -0.449 e. The molecule has 1 heterocycles. The van der Waals surface area contributed by atoms with Crippen LogP contribution in [0.4, 0.5) is 10.1 Å². The number of carbonyl (C=O) groups is 2. The van der Waals surface area contributed by atoms with E-state index in [0.717, 1.165) is 0 Å². The monoisotopic (exact) mass is 454 g/mol. The lowest BCUT2D eigenvalue weighted by Crippen LogP contribution is -2.40. The van der Waals surface area contributed by atoms with Gasteiger partial charge in [0, 0.05) is 12.2 Å². The largest absolute Gasteiger partial charge is 0.449 e. The summed E-state index contributed by atoms with van der Waals surface area (Å²) >= 11 is 6.36. The molecule has 32 heavy (non-hydrogen) atoms. The second-order valence-corrected chi connectivity index (χ2v) is 7.28. The van der Waals surface area contributed by atoms with Gasteiger partial charge in [-0.1, -0.05) is 29.8 Å². The molecule has 0 radical (unpaired) electrons. The number of hydrogen-bond acceptors (Lipinski definition) is 5. The molecule has 164 valence electrons. The number of hydrogen-bond donors (Lipinski definition) is 0. The summed E-state index contributed by atoms with van der Waals surface area (Å²) in [5.41, 5.74) is 1.37. The standard InChI is InChI=1S/C23H20ClFN4O3/c1-15-20(21(24)29(27-15)19-11-9-17(25)10-12-19)23(31)32-16(2)22(30)28(14-6-13-26)18-7-4-3-5-8-18/h3-5,7-12,16H,6,14H2,1-2H3. The lowest BCUT2D eigenvalue weighted by Gasteiger charge is -2.25. The zero-order valence-electron chi connectivity index (χ0n) is 17.5. The Kier molecular flexibility index (Phi) is 7.23. The average molecular weight is 455 g/mol. The van der Waals surface area contributed by atoms with Crippen LogP contribution in [0, 0.1) is 24.1 Å². The molecule has 0 aliphatic carbocycles. The Morgan fingerprint density at radius 2 is 1.88 bits per heavy atom. The first-order valence-electron chi connectivity index (χ1n) is 9.79. The Labute approximate surface area is 189 Å². The van der Waals surface area contributed by atoms with Gasteiger partial charge in [-0.3, -0.25) is 4.79 Å². The van der Waals surface area contributed by atoms with Gasteiger partial charge in [-0.2, -0.15) is 10.4 Å². The van der Waals surface area contributed by atoms with Gasteiger partial charge in [-0.05, 0) is 50.2 Å². The van der Waals surface area contributed by atoms with Crippen molar-refractivity contribution in [1.29, 1.82) is 5.26 Å². The summed E-state index contributed by atoms with van der Waals surface area (Å²) in [5.74, 6) is -1.70. The maximum Gasteiger partial charge on any atom is 0.344 e. The number of esters is 1. The van der Waals surface area contributed by atoms with E-state index in [0.29, 0.717) is 17.1 Å². The van der Waals surface area contributed by atoms with Crippen molar-refractivity contribution in [2.45, 2.75) is 26.4 Å². The zero-order valence-corrected chi connectivity index (χ0v) is 18.2. The molecule has 0 bridgehead atoms. The number of nitriles is 1. The smallest absolute Gasteiger partial charge is 0.344 e. The fourth-order valence-corrected chi connectivity index (χ4v) is 3.46. The molecule has 0 aliphatic heterocycles. The molecule has 9 heteroatoms. The predicted molar refractivity (Wildman–Crippen MR) is 117 cm³/mol. The van der Waals surface area contributed by atoms with E-state index < -0.39 is 23.8 Å². The van der Waals surface area contributed by atoms with Crippen molar-refractivity contribution in [2.24, 2.45) is 0 Å². The SMILES string of the molecule is Cc1nn(-c2ccc(F)cc2)c(Cl)c1C(=O)OC(C)C(=O)N(CCC#N)c1ccccc1. The van der Waals surface area contributed by atoms with Crippen LogP contribution in [0.15, 0.2) is 54.6 Å². The zero-order chi connectivity index (χ0) is 23.3. The normalized spacial score (nSPS) is 11.5. The van der Waals surface area contributed by atoms with Gasteiger partial charge in [0.15, 0.2) is 6.10 Å². The molecule has 3 rings (SSSR count). The number of nitrogens with zero attached hydrogens (tertiary/aromatic N) is 4. The highest BCUT2D eigenvalue weighted by Crippen LogP contribution is 2.25. The van der Waals surface area contributed by atoms with Crippen LogP contribution in [0.3, 0.4) is 0 Å². The quantitative estimate of drug-likeness (QED) is 0.491. The summed E-state index contributed by atoms with van der Waals surface area (Å²) in [5, 5.41) is 13.2. The maximum atomic E-state index is 13.2. The van der Waals surface area contributed by atoms with Crippen LogP contribution in [0.25, 0.3) is 5.69 Å². The van der Waals surface area contributed by atoms with E-state index in [2.05, 4.69) is 5.10 Å². The van der Waals surface area contributed by atoms with Gasteiger partial charge >= 0.3 is 5.97 Å². The number of aryl methyl sites for hydroxylation is 1. The van der Waals surface area contributed by atoms with Crippen LogP contribution >= 0.6 is 11.6 Å². The number of carbonyl (C=O) groups excluding carboxylic acids is 2. The van der Waals surface area contributed by atoms with E-state index >= 15 is 0 Å². The third-order valence-corrected chi connectivity index (χ3v) is 5.04. The number of anilines is 1. The van der Waals surface area contributed by atoms with E-state index in [1.807, 2.05) is 12.1 Å². The average Bonchev–Trinajstić information content (AvgIpc) is 3.09. The van der Waals surface area contributed by atoms with Gasteiger partial charge in [0.1, 0.15) is 16.5 Å². The number of para-hydroxylation sites is 1. The first-order valence-corrected chi connectivity index (χ1v) is 10.2. The van der Waals surface area contributed by atoms with Crippen molar-refractivity contribution in [3.63, 3.8) is 0 Å². The summed E-state index contributed by atoms with van der Waals surface area (Å²) in [6.45, 7) is 3.19. The van der Waals surface area contributed by atoms with E-state index in [1.54, 1.807) is 31.2 Å². The van der Waals surface area contributed by atoms with Crippen LogP contribution in [0.5, 0.6) is 0 Å². The van der Waals surface area contributed by atoms with Crippen LogP contribution in [0.1, 0.15) is 29.4 Å². The summed E-state index contributed by atoms with van der Waals surface area (Å²) in [7, 11) is 0. The first kappa shape index (κ1) is 23.0. The molecule has 3 aromatic rings. The van der Waals surface area contributed by atoms with Gasteiger partial charge in [-0.25, -0.2) is 13.9 Å². The molecule has 2 aromatic carbocycles. The van der Waals surface area contributed by atoms with E-state index in [-0.39, 0.29) is 23.7 Å². The maximum absolute atomic E-state index is 13.2. The van der Waals surface area contributed by atoms with E-state index in [1.165, 1.54) is 40.8 Å². The molecular formula is C23H20ClFN4O3. The predicted octanol–water partition coefficient (Wildman–Crippen LogP) is 4.47. The molecule has 1 aromatic heterocycles. The van der Waals surface area contributed by atoms with Crippen LogP contribution in [-0.4, -0.2) is 34.3 Å². The Hall–Kier alpha value is -3.70. The molecule has 0 aliphatic rings. The number of rotatable bonds is 7. The van der Waals surface area contributed by atoms with Crippen LogP contribution in [-0.2, 0) is 9.53 Å². The summed E-state index contributed by atoms with van der Waals surface area (Å²) in [4.78, 5) is 27.2. The molecular weight excluding hydrogens is 435 g/mol. The number of halogens is 2. The Balaban J connectivity index is 1.81. The highest BCUT2D eigenvalue weighted by atomic mass is 35.5. The molecule has 7 nitrogen and oxygen atoms in total. The van der Waals surface area contributed by atoms with Crippen molar-refractivity contribution < 1.29 is 18.7 Å². The fourth-order valence-electron chi connectivity index (χ4n) is 3.11. The third kappa shape index (κ3) is 4.95. The molecule has 0 spiro atoms. The van der Waals surface area contributed by atoms with Gasteiger partial charge in [0.2, 0.25) is 0 Å². The Morgan fingerprint density at radius 1 is 1.22 bits per heavy atom. The topological polar surface area (TPSA) is 88.2 Å². The lowest BCUT2D eigenvalue weighted by atomic mass is 10.2. The summed E-state index contributed by atoms with van der Waals surface area (Å²) in [6, 6.07) is 16.3. The second kappa shape index (κ2) is 10.1. The lowest BCUT2D eigenvalue weighted by molar-refractivity contribution is -0.126. The number of aromatic nitrogens is 2. The molecule has 0 N–H and O–H groups in total. The van der Waals surface area contributed by atoms with Gasteiger partial charge in [0.05, 0.1) is 23.9 Å². The summed E-state index contributed by atoms with van der Waals surface area (Å²) in [6.07, 6.45) is -1.01. The number of amides is 1. The van der Waals surface area contributed by atoms with Crippen molar-refractivity contribution in [1.82, 2.24) is 9.78 Å². The van der Waals surface area contributed by atoms with E-state index in [4.69, 9.17) is 21.6 Å². The first-order chi connectivity index (χ1) is 15.3.